The average Bonchev–Trinajstić information content (AvgIpc) is 3.22. The van der Waals surface area contributed by atoms with Gasteiger partial charge >= 0.3 is 0 Å². The number of unbranched alkanes of at least 4 members (excludes halogenated alkanes) is 2. The third-order valence-electron chi connectivity index (χ3n) is 3.78. The van der Waals surface area contributed by atoms with Crippen molar-refractivity contribution >= 4 is 8.80 Å². The van der Waals surface area contributed by atoms with Crippen molar-refractivity contribution in [1.29, 1.82) is 0 Å². The molecule has 19 heavy (non-hydrogen) atoms. The topological polar surface area (TPSA) is 31.0 Å². The van der Waals surface area contributed by atoms with Crippen LogP contribution in [0.1, 0.15) is 39.0 Å². The molecule has 1 rings (SSSR count). The van der Waals surface area contributed by atoms with Crippen LogP contribution in [0.15, 0.2) is 0 Å². The molecule has 0 radical (unpaired) electrons. The highest BCUT2D eigenvalue weighted by Crippen LogP contribution is 2.16. The Bertz CT molecular complexity index is 188. The van der Waals surface area contributed by atoms with Gasteiger partial charge in [0.2, 0.25) is 0 Å². The number of methoxy groups -OCH3 is 1. The molecule has 0 saturated carbocycles. The van der Waals surface area contributed by atoms with Crippen molar-refractivity contribution in [2.75, 3.05) is 33.5 Å². The predicted octanol–water partition coefficient (Wildman–Crippen LogP) is 3.25. The Morgan fingerprint density at radius 3 is 2.37 bits per heavy atom. The Labute approximate surface area is 120 Å². The second-order valence-electron chi connectivity index (χ2n) is 5.67. The van der Waals surface area contributed by atoms with Crippen LogP contribution in [-0.4, -0.2) is 48.4 Å². The Kier molecular flexibility index (Phi) is 10.7. The zero-order valence-corrected chi connectivity index (χ0v) is 14.0. The van der Waals surface area contributed by atoms with E-state index in [1.807, 2.05) is 0 Å². The fraction of sp³-hybridized carbons (Fsp3) is 1.00. The summed E-state index contributed by atoms with van der Waals surface area (Å²) in [6.45, 7) is 5.88. The van der Waals surface area contributed by atoms with Gasteiger partial charge in [-0.05, 0) is 12.8 Å². The van der Waals surface area contributed by atoms with Crippen LogP contribution in [-0.2, 0) is 14.2 Å². The van der Waals surface area contributed by atoms with Crippen LogP contribution in [0.2, 0.25) is 18.1 Å². The highest BCUT2D eigenvalue weighted by atomic mass is 28.3. The van der Waals surface area contributed by atoms with E-state index < -0.39 is 8.80 Å². The third kappa shape index (κ3) is 10.5. The van der Waals surface area contributed by atoms with Crippen LogP contribution >= 0.6 is 0 Å². The molecule has 3 nitrogen and oxygen atoms in total. The molecule has 0 N–H and O–H groups in total. The lowest BCUT2D eigenvalue weighted by atomic mass is 10.3. The summed E-state index contributed by atoms with van der Waals surface area (Å²) in [7, 11) is 1.27. The van der Waals surface area contributed by atoms with Crippen molar-refractivity contribution in [3.63, 3.8) is 0 Å². The van der Waals surface area contributed by atoms with E-state index in [0.29, 0.717) is 6.10 Å². The minimum atomic E-state index is -0.540. The average molecular weight is 289 g/mol. The van der Waals surface area contributed by atoms with Crippen molar-refractivity contribution in [2.45, 2.75) is 63.3 Å². The van der Waals surface area contributed by atoms with Crippen molar-refractivity contribution in [1.82, 2.24) is 0 Å². The zero-order chi connectivity index (χ0) is 13.8. The number of ether oxygens (including phenoxy) is 3. The quantitative estimate of drug-likeness (QED) is 0.279. The van der Waals surface area contributed by atoms with Gasteiger partial charge < -0.3 is 14.2 Å². The molecule has 2 unspecified atom stereocenters. The predicted molar refractivity (Wildman–Crippen MR) is 82.8 cm³/mol. The fourth-order valence-corrected chi connectivity index (χ4v) is 5.71. The van der Waals surface area contributed by atoms with E-state index in [0.717, 1.165) is 26.4 Å². The molecule has 1 saturated heterocycles. The Morgan fingerprint density at radius 2 is 1.74 bits per heavy atom. The van der Waals surface area contributed by atoms with Crippen LogP contribution in [0.25, 0.3) is 0 Å². The van der Waals surface area contributed by atoms with Crippen LogP contribution in [0.5, 0.6) is 0 Å². The van der Waals surface area contributed by atoms with Crippen LogP contribution in [0, 0.1) is 0 Å². The first-order valence-electron chi connectivity index (χ1n) is 8.05. The summed E-state index contributed by atoms with van der Waals surface area (Å²) in [5, 5.41) is 0. The van der Waals surface area contributed by atoms with E-state index >= 15 is 0 Å². The normalized spacial score (nSPS) is 19.6. The molecule has 4 heteroatoms. The highest BCUT2D eigenvalue weighted by Gasteiger charge is 2.22. The molecule has 114 valence electrons. The summed E-state index contributed by atoms with van der Waals surface area (Å²) in [6.07, 6.45) is 7.11. The van der Waals surface area contributed by atoms with E-state index in [2.05, 4.69) is 6.92 Å². The number of hydrogen-bond acceptors (Lipinski definition) is 3. The van der Waals surface area contributed by atoms with E-state index in [9.17, 15) is 0 Å². The van der Waals surface area contributed by atoms with E-state index in [1.54, 1.807) is 7.11 Å². The lowest BCUT2D eigenvalue weighted by molar-refractivity contribution is 0.117. The summed E-state index contributed by atoms with van der Waals surface area (Å²) >= 11 is 0. The number of rotatable bonds is 14. The van der Waals surface area contributed by atoms with Gasteiger partial charge in [0.15, 0.2) is 0 Å². The number of hydrogen-bond donors (Lipinski definition) is 0. The number of epoxide rings is 1. The Balaban J connectivity index is 1.99. The molecule has 0 aromatic carbocycles. The summed E-state index contributed by atoms with van der Waals surface area (Å²) in [5.74, 6) is 0. The summed E-state index contributed by atoms with van der Waals surface area (Å²) < 4.78 is 15.9. The van der Waals surface area contributed by atoms with Crippen molar-refractivity contribution < 1.29 is 14.2 Å². The monoisotopic (exact) mass is 288 g/mol. The van der Waals surface area contributed by atoms with Crippen LogP contribution in [0.4, 0.5) is 0 Å². The standard InChI is InChI=1S/C15H32O3Si/c1-3-4-5-10-19(11-6-8-16-2)12-7-9-17-13-15-14-18-15/h15,19H,3-14H2,1-2H3. The molecule has 1 fully saturated rings. The van der Waals surface area contributed by atoms with E-state index in [1.165, 1.54) is 50.2 Å². The summed E-state index contributed by atoms with van der Waals surface area (Å²) in [4.78, 5) is 0. The van der Waals surface area contributed by atoms with Gasteiger partial charge in [0.1, 0.15) is 6.10 Å². The maximum atomic E-state index is 5.63. The van der Waals surface area contributed by atoms with Crippen molar-refractivity contribution in [3.05, 3.63) is 0 Å². The molecule has 1 aliphatic heterocycles. The van der Waals surface area contributed by atoms with Gasteiger partial charge in [0, 0.05) is 29.1 Å². The lowest BCUT2D eigenvalue weighted by Gasteiger charge is -2.15. The van der Waals surface area contributed by atoms with E-state index in [4.69, 9.17) is 14.2 Å². The van der Waals surface area contributed by atoms with Gasteiger partial charge in [-0.1, -0.05) is 44.3 Å². The third-order valence-corrected chi connectivity index (χ3v) is 7.46. The smallest absolute Gasteiger partial charge is 0.104 e. The lowest BCUT2D eigenvalue weighted by Crippen LogP contribution is -2.14. The summed E-state index contributed by atoms with van der Waals surface area (Å²) in [5.41, 5.74) is 0. The Morgan fingerprint density at radius 1 is 1.05 bits per heavy atom. The zero-order valence-electron chi connectivity index (χ0n) is 12.9. The van der Waals surface area contributed by atoms with E-state index in [-0.39, 0.29) is 0 Å². The molecular formula is C15H32O3Si. The molecule has 0 bridgehead atoms. The SMILES string of the molecule is CCCCC[SiH](CCCOC)CCCOCC1CO1. The minimum Gasteiger partial charge on any atom is -0.385 e. The van der Waals surface area contributed by atoms with Crippen LogP contribution in [0.3, 0.4) is 0 Å². The first-order valence-corrected chi connectivity index (χ1v) is 10.5. The van der Waals surface area contributed by atoms with Crippen molar-refractivity contribution in [3.8, 4) is 0 Å². The minimum absolute atomic E-state index is 0.416. The van der Waals surface area contributed by atoms with Gasteiger partial charge in [-0.15, -0.1) is 0 Å². The molecule has 0 amide bonds. The second kappa shape index (κ2) is 11.9. The molecular weight excluding hydrogens is 256 g/mol. The molecule has 0 aromatic heterocycles. The summed E-state index contributed by atoms with van der Waals surface area (Å²) in [6, 6.07) is 4.41. The molecule has 0 spiro atoms. The van der Waals surface area contributed by atoms with Gasteiger partial charge in [0.05, 0.1) is 13.2 Å². The highest BCUT2D eigenvalue weighted by molar-refractivity contribution is 6.58. The maximum absolute atomic E-state index is 5.63. The first-order chi connectivity index (χ1) is 9.36. The molecule has 1 heterocycles. The maximum Gasteiger partial charge on any atom is 0.104 e. The fourth-order valence-electron chi connectivity index (χ4n) is 2.49. The van der Waals surface area contributed by atoms with Gasteiger partial charge in [0.25, 0.3) is 0 Å². The molecule has 0 aliphatic carbocycles. The van der Waals surface area contributed by atoms with Crippen LogP contribution < -0.4 is 0 Å². The first kappa shape index (κ1) is 17.1. The van der Waals surface area contributed by atoms with Crippen molar-refractivity contribution in [2.24, 2.45) is 0 Å². The molecule has 2 atom stereocenters. The van der Waals surface area contributed by atoms with Gasteiger partial charge in [-0.2, -0.15) is 0 Å². The molecule has 0 aromatic rings. The van der Waals surface area contributed by atoms with Gasteiger partial charge in [-0.3, -0.25) is 0 Å². The van der Waals surface area contributed by atoms with Gasteiger partial charge in [-0.25, -0.2) is 0 Å². The molecule has 1 aliphatic rings. The largest absolute Gasteiger partial charge is 0.385 e. The second-order valence-corrected chi connectivity index (χ2v) is 9.13. The Hall–Kier alpha value is 0.0969.